The van der Waals surface area contributed by atoms with Crippen molar-refractivity contribution in [2.45, 2.75) is 33.4 Å². The normalized spacial score (nSPS) is 11.1. The summed E-state index contributed by atoms with van der Waals surface area (Å²) in [6.45, 7) is 7.28. The van der Waals surface area contributed by atoms with Crippen molar-refractivity contribution in [1.29, 1.82) is 0 Å². The van der Waals surface area contributed by atoms with E-state index >= 15 is 0 Å². The van der Waals surface area contributed by atoms with Crippen molar-refractivity contribution in [3.05, 3.63) is 40.9 Å². The lowest BCUT2D eigenvalue weighted by Gasteiger charge is -2.10. The Morgan fingerprint density at radius 2 is 2.12 bits per heavy atom. The Morgan fingerprint density at radius 1 is 1.29 bits per heavy atom. The molecule has 0 unspecified atom stereocenters. The van der Waals surface area contributed by atoms with Crippen LogP contribution in [0, 0.1) is 6.92 Å². The quantitative estimate of drug-likeness (QED) is 0.891. The Hall–Kier alpha value is -1.19. The summed E-state index contributed by atoms with van der Waals surface area (Å²) in [5, 5.41) is 5.50. The molecule has 2 aromatic rings. The summed E-state index contributed by atoms with van der Waals surface area (Å²) in [6.07, 6.45) is 0. The van der Waals surface area contributed by atoms with Gasteiger partial charge < -0.3 is 5.32 Å². The van der Waals surface area contributed by atoms with Crippen LogP contribution in [0.1, 0.15) is 25.1 Å². The van der Waals surface area contributed by atoms with Crippen LogP contribution in [0.15, 0.2) is 29.6 Å². The van der Waals surface area contributed by atoms with Crippen molar-refractivity contribution < 1.29 is 0 Å². The number of hydrogen-bond donors (Lipinski definition) is 1. The highest BCUT2D eigenvalue weighted by Gasteiger charge is 2.05. The van der Waals surface area contributed by atoms with E-state index in [0.717, 1.165) is 17.9 Å². The van der Waals surface area contributed by atoms with E-state index in [-0.39, 0.29) is 0 Å². The third kappa shape index (κ3) is 3.14. The molecule has 0 saturated carbocycles. The molecule has 2 heterocycles. The summed E-state index contributed by atoms with van der Waals surface area (Å²) in [7, 11) is 0. The highest BCUT2D eigenvalue weighted by Crippen LogP contribution is 2.23. The predicted molar refractivity (Wildman–Crippen MR) is 74.3 cm³/mol. The number of nitrogens with one attached hydrogen (secondary N) is 1. The zero-order valence-corrected chi connectivity index (χ0v) is 11.3. The van der Waals surface area contributed by atoms with E-state index in [1.54, 1.807) is 11.3 Å². The summed E-state index contributed by atoms with van der Waals surface area (Å²) in [4.78, 5) is 5.90. The van der Waals surface area contributed by atoms with Crippen LogP contribution in [-0.2, 0) is 6.54 Å². The number of aryl methyl sites for hydroxylation is 1. The van der Waals surface area contributed by atoms with E-state index in [1.165, 1.54) is 10.4 Å². The monoisotopic (exact) mass is 246 g/mol. The van der Waals surface area contributed by atoms with Crippen molar-refractivity contribution in [3.63, 3.8) is 0 Å². The van der Waals surface area contributed by atoms with E-state index in [0.29, 0.717) is 6.04 Å². The van der Waals surface area contributed by atoms with Crippen LogP contribution in [0.5, 0.6) is 0 Å². The van der Waals surface area contributed by atoms with Crippen LogP contribution in [-0.4, -0.2) is 11.0 Å². The molecule has 0 spiro atoms. The smallest absolute Gasteiger partial charge is 0.0805 e. The van der Waals surface area contributed by atoms with E-state index in [9.17, 15) is 0 Å². The standard InChI is InChI=1S/C14H18N2S/c1-10(2)15-9-12-6-7-13(16-11(12)3)14-5-4-8-17-14/h4-8,10,15H,9H2,1-3H3. The van der Waals surface area contributed by atoms with Crippen molar-refractivity contribution in [1.82, 2.24) is 10.3 Å². The van der Waals surface area contributed by atoms with Crippen molar-refractivity contribution in [2.75, 3.05) is 0 Å². The molecule has 90 valence electrons. The van der Waals surface area contributed by atoms with Crippen LogP contribution >= 0.6 is 11.3 Å². The molecule has 0 bridgehead atoms. The molecule has 1 N–H and O–H groups in total. The lowest BCUT2D eigenvalue weighted by atomic mass is 10.1. The number of aromatic nitrogens is 1. The third-order valence-electron chi connectivity index (χ3n) is 2.67. The van der Waals surface area contributed by atoms with Gasteiger partial charge in [0.2, 0.25) is 0 Å². The molecule has 0 fully saturated rings. The Balaban J connectivity index is 2.17. The largest absolute Gasteiger partial charge is 0.310 e. The highest BCUT2D eigenvalue weighted by molar-refractivity contribution is 7.13. The SMILES string of the molecule is Cc1nc(-c2cccs2)ccc1CNC(C)C. The van der Waals surface area contributed by atoms with Crippen LogP contribution < -0.4 is 5.32 Å². The Kier molecular flexibility index (Phi) is 3.92. The summed E-state index contributed by atoms with van der Waals surface area (Å²) in [6, 6.07) is 8.96. The molecule has 2 aromatic heterocycles. The first-order valence-corrected chi connectivity index (χ1v) is 6.78. The van der Waals surface area contributed by atoms with Gasteiger partial charge >= 0.3 is 0 Å². The first kappa shape index (κ1) is 12.3. The fourth-order valence-electron chi connectivity index (χ4n) is 1.65. The molecule has 3 heteroatoms. The number of hydrogen-bond acceptors (Lipinski definition) is 3. The zero-order chi connectivity index (χ0) is 12.3. The van der Waals surface area contributed by atoms with Crippen LogP contribution in [0.2, 0.25) is 0 Å². The third-order valence-corrected chi connectivity index (χ3v) is 3.56. The molecule has 0 atom stereocenters. The number of rotatable bonds is 4. The molecule has 0 aromatic carbocycles. The average Bonchev–Trinajstić information content (AvgIpc) is 2.80. The van der Waals surface area contributed by atoms with E-state index < -0.39 is 0 Å². The minimum absolute atomic E-state index is 0.506. The van der Waals surface area contributed by atoms with E-state index in [4.69, 9.17) is 0 Å². The molecule has 0 aliphatic carbocycles. The van der Waals surface area contributed by atoms with Crippen LogP contribution in [0.25, 0.3) is 10.6 Å². The van der Waals surface area contributed by atoms with Gasteiger partial charge in [-0.2, -0.15) is 0 Å². The summed E-state index contributed by atoms with van der Waals surface area (Å²) < 4.78 is 0. The fraction of sp³-hybridized carbons (Fsp3) is 0.357. The lowest BCUT2D eigenvalue weighted by Crippen LogP contribution is -2.22. The van der Waals surface area contributed by atoms with Gasteiger partial charge in [0.05, 0.1) is 10.6 Å². The molecular formula is C14H18N2S. The minimum Gasteiger partial charge on any atom is -0.310 e. The topological polar surface area (TPSA) is 24.9 Å². The summed E-state index contributed by atoms with van der Waals surface area (Å²) in [5.41, 5.74) is 3.47. The molecular weight excluding hydrogens is 228 g/mol. The van der Waals surface area contributed by atoms with Crippen molar-refractivity contribution in [2.24, 2.45) is 0 Å². The number of pyridine rings is 1. The minimum atomic E-state index is 0.506. The van der Waals surface area contributed by atoms with Gasteiger partial charge in [0.1, 0.15) is 0 Å². The zero-order valence-electron chi connectivity index (χ0n) is 10.5. The Morgan fingerprint density at radius 3 is 2.71 bits per heavy atom. The Bertz CT molecular complexity index is 475. The molecule has 0 radical (unpaired) electrons. The first-order chi connectivity index (χ1) is 8.16. The maximum absolute atomic E-state index is 4.66. The van der Waals surface area contributed by atoms with Gasteiger partial charge in [-0.3, -0.25) is 4.98 Å². The molecule has 0 aliphatic rings. The molecule has 17 heavy (non-hydrogen) atoms. The average molecular weight is 246 g/mol. The van der Waals surface area contributed by atoms with Crippen molar-refractivity contribution >= 4 is 11.3 Å². The molecule has 2 nitrogen and oxygen atoms in total. The second-order valence-corrected chi connectivity index (χ2v) is 5.40. The second-order valence-electron chi connectivity index (χ2n) is 4.45. The maximum Gasteiger partial charge on any atom is 0.0805 e. The van der Waals surface area contributed by atoms with Crippen LogP contribution in [0.3, 0.4) is 0 Å². The first-order valence-electron chi connectivity index (χ1n) is 5.90. The number of thiophene rings is 1. The van der Waals surface area contributed by atoms with Gasteiger partial charge in [0.15, 0.2) is 0 Å². The van der Waals surface area contributed by atoms with Crippen molar-refractivity contribution in [3.8, 4) is 10.6 Å². The van der Waals surface area contributed by atoms with Gasteiger partial charge in [0.25, 0.3) is 0 Å². The van der Waals surface area contributed by atoms with Gasteiger partial charge in [-0.25, -0.2) is 0 Å². The van der Waals surface area contributed by atoms with Gasteiger partial charge in [-0.15, -0.1) is 11.3 Å². The summed E-state index contributed by atoms with van der Waals surface area (Å²) >= 11 is 1.73. The Labute approximate surface area is 107 Å². The predicted octanol–water partition coefficient (Wildman–Crippen LogP) is 3.62. The lowest BCUT2D eigenvalue weighted by molar-refractivity contribution is 0.586. The number of nitrogens with zero attached hydrogens (tertiary/aromatic N) is 1. The molecule has 0 amide bonds. The van der Waals surface area contributed by atoms with E-state index in [2.05, 4.69) is 60.7 Å². The second kappa shape index (κ2) is 5.43. The maximum atomic E-state index is 4.66. The van der Waals surface area contributed by atoms with Gasteiger partial charge in [-0.1, -0.05) is 26.0 Å². The highest BCUT2D eigenvalue weighted by atomic mass is 32.1. The van der Waals surface area contributed by atoms with Gasteiger partial charge in [0, 0.05) is 18.3 Å². The molecule has 0 saturated heterocycles. The fourth-order valence-corrected chi connectivity index (χ4v) is 2.35. The summed E-state index contributed by atoms with van der Waals surface area (Å²) in [5.74, 6) is 0. The molecule has 2 rings (SSSR count). The van der Waals surface area contributed by atoms with Gasteiger partial charge in [-0.05, 0) is 30.0 Å². The van der Waals surface area contributed by atoms with Crippen LogP contribution in [0.4, 0.5) is 0 Å². The molecule has 0 aliphatic heterocycles. The van der Waals surface area contributed by atoms with E-state index in [1.807, 2.05) is 0 Å².